The van der Waals surface area contributed by atoms with Gasteiger partial charge < -0.3 is 35.5 Å². The monoisotopic (exact) mass is 1030 g/mol. The Bertz CT molecular complexity index is 2460. The van der Waals surface area contributed by atoms with Gasteiger partial charge in [-0.15, -0.1) is 24.0 Å². The van der Waals surface area contributed by atoms with E-state index in [0.717, 1.165) is 6.07 Å². The van der Waals surface area contributed by atoms with Gasteiger partial charge in [-0.3, -0.25) is 23.5 Å². The quantitative estimate of drug-likeness (QED) is 0.0118. The summed E-state index contributed by atoms with van der Waals surface area (Å²) in [7, 11) is -11.5. The van der Waals surface area contributed by atoms with E-state index in [1.54, 1.807) is 0 Å². The number of phenols is 1. The van der Waals surface area contributed by atoms with Crippen LogP contribution in [0.1, 0.15) is 0 Å². The molecule has 0 fully saturated rings. The minimum Gasteiger partial charge on any atom is -0.747 e. The van der Waals surface area contributed by atoms with Crippen molar-refractivity contribution in [2.45, 2.75) is 14.7 Å². The third-order valence-corrected chi connectivity index (χ3v) is 12.3. The van der Waals surface area contributed by atoms with Crippen molar-refractivity contribution in [3.8, 4) is 11.5 Å². The minimum atomic E-state index is -4.86. The van der Waals surface area contributed by atoms with Gasteiger partial charge in [0.05, 0.1) is 69.9 Å². The number of phenolic OH excluding ortho intramolecular Hbond substituents is 1. The van der Waals surface area contributed by atoms with Crippen molar-refractivity contribution in [2.75, 3.05) is 43.0 Å². The van der Waals surface area contributed by atoms with Gasteiger partial charge in [-0.1, -0.05) is 0 Å². The first-order valence-electron chi connectivity index (χ1n) is 15.3. The van der Waals surface area contributed by atoms with E-state index in [1.807, 2.05) is 0 Å². The summed E-state index contributed by atoms with van der Waals surface area (Å²) in [6, 6.07) is 12.3. The van der Waals surface area contributed by atoms with Crippen LogP contribution in [0.4, 0.5) is 28.4 Å². The van der Waals surface area contributed by atoms with E-state index in [4.69, 9.17) is 13.1 Å². The molecule has 0 aromatic heterocycles. The average molecular weight is 1040 g/mol. The van der Waals surface area contributed by atoms with E-state index in [2.05, 4.69) is 53.9 Å². The van der Waals surface area contributed by atoms with Gasteiger partial charge in [0.2, 0.25) is 0 Å². The molecular formula is C28H25N5Na4O20S6. The SMILES string of the molecule is COc1ccc(S(=O)(=O)CCOSOO[O-])cc1N=Nc1c(NCS(=O)(=O)[O-])ccc2c(O)c(N=Nc3ccc(S(=O)(=O)CCOSOO[O-])cc3)c(SOO[O-])cc12.[Na+].[Na+].[Na+].[Na+]. The van der Waals surface area contributed by atoms with Gasteiger partial charge in [0, 0.05) is 10.8 Å². The Morgan fingerprint density at radius 3 is 1.78 bits per heavy atom. The predicted molar refractivity (Wildman–Crippen MR) is 195 cm³/mol. The first-order chi connectivity index (χ1) is 28.1. The molecule has 0 radical (unpaired) electrons. The maximum atomic E-state index is 13.0. The minimum absolute atomic E-state index is 0. The van der Waals surface area contributed by atoms with Crippen molar-refractivity contribution in [3.63, 3.8) is 0 Å². The molecule has 322 valence electrons. The number of azo groups is 2. The molecular weight excluding hydrogens is 1010 g/mol. The summed E-state index contributed by atoms with van der Waals surface area (Å²) >= 11 is 0.518. The van der Waals surface area contributed by atoms with Crippen molar-refractivity contribution >= 4 is 106 Å². The first-order valence-corrected chi connectivity index (χ1v) is 22.3. The Balaban J connectivity index is 0.00000961. The summed E-state index contributed by atoms with van der Waals surface area (Å²) < 4.78 is 113. The Hall–Kier alpha value is 0.160. The number of benzene rings is 4. The molecule has 0 aliphatic heterocycles. The fraction of sp³-hybridized carbons (Fsp3) is 0.214. The summed E-state index contributed by atoms with van der Waals surface area (Å²) in [6.07, 6.45) is 0. The molecule has 35 heteroatoms. The summed E-state index contributed by atoms with van der Waals surface area (Å²) in [6.45, 7) is -0.777. The van der Waals surface area contributed by atoms with Crippen LogP contribution < -0.4 is 144 Å². The normalized spacial score (nSPS) is 11.8. The van der Waals surface area contributed by atoms with Crippen molar-refractivity contribution in [1.82, 2.24) is 0 Å². The maximum Gasteiger partial charge on any atom is 1.00 e. The number of hydrogen-bond acceptors (Lipinski definition) is 28. The molecule has 0 spiro atoms. The van der Waals surface area contributed by atoms with Crippen LogP contribution >= 0.6 is 36.7 Å². The third-order valence-electron chi connectivity index (χ3n) is 7.10. The Morgan fingerprint density at radius 1 is 0.667 bits per heavy atom. The van der Waals surface area contributed by atoms with Gasteiger partial charge in [0.25, 0.3) is 0 Å². The number of fused-ring (bicyclic) bond motifs is 1. The van der Waals surface area contributed by atoms with Crippen molar-refractivity contribution in [3.05, 3.63) is 60.7 Å². The number of ether oxygens (including phenoxy) is 1. The fourth-order valence-corrected chi connectivity index (χ4v) is 8.21. The number of rotatable bonds is 25. The van der Waals surface area contributed by atoms with Crippen LogP contribution in [0.3, 0.4) is 0 Å². The smallest absolute Gasteiger partial charge is 0.747 e. The summed E-state index contributed by atoms with van der Waals surface area (Å²) in [5.41, 5.74) is -0.740. The van der Waals surface area contributed by atoms with Gasteiger partial charge in [0.15, 0.2) is 50.1 Å². The second kappa shape index (κ2) is 31.3. The van der Waals surface area contributed by atoms with E-state index in [0.29, 0.717) is 0 Å². The van der Waals surface area contributed by atoms with E-state index in [-0.39, 0.29) is 221 Å². The number of nitrogens with zero attached hydrogens (tertiary/aromatic N) is 4. The second-order valence-corrected chi connectivity index (χ2v) is 18.0. The van der Waals surface area contributed by atoms with Crippen LogP contribution in [-0.2, 0) is 66.3 Å². The molecule has 2 N–H and O–H groups in total. The molecule has 0 heterocycles. The van der Waals surface area contributed by atoms with Gasteiger partial charge in [-0.25, -0.2) is 25.3 Å². The molecule has 0 atom stereocenters. The molecule has 0 unspecified atom stereocenters. The van der Waals surface area contributed by atoms with Crippen molar-refractivity contribution in [1.29, 1.82) is 0 Å². The summed E-state index contributed by atoms with van der Waals surface area (Å²) in [4.78, 5) is -0.541. The largest absolute Gasteiger partial charge is 1.00 e. The fourth-order valence-electron chi connectivity index (χ4n) is 4.56. The predicted octanol–water partition coefficient (Wildman–Crippen LogP) is -9.30. The zero-order valence-electron chi connectivity index (χ0n) is 33.3. The number of sulfone groups is 2. The number of aromatic hydroxyl groups is 1. The van der Waals surface area contributed by atoms with Crippen LogP contribution in [0.2, 0.25) is 0 Å². The van der Waals surface area contributed by atoms with E-state index >= 15 is 0 Å². The Kier molecular flexibility index (Phi) is 31.4. The summed E-state index contributed by atoms with van der Waals surface area (Å²) in [5, 5.41) is 70.3. The molecule has 0 aliphatic carbocycles. The van der Waals surface area contributed by atoms with Crippen molar-refractivity contribution < 1.29 is 210 Å². The Labute approximate surface area is 460 Å². The zero-order valence-corrected chi connectivity index (χ0v) is 46.2. The summed E-state index contributed by atoms with van der Waals surface area (Å²) in [5.74, 6) is -2.78. The molecule has 0 aliphatic rings. The molecule has 0 saturated heterocycles. The van der Waals surface area contributed by atoms with Crippen LogP contribution in [0.25, 0.3) is 10.8 Å². The number of methoxy groups -OCH3 is 1. The molecule has 4 rings (SSSR count). The molecule has 0 bridgehead atoms. The van der Waals surface area contributed by atoms with Gasteiger partial charge in [-0.05, 0) is 60.7 Å². The van der Waals surface area contributed by atoms with Crippen LogP contribution in [0.15, 0.2) is 95.8 Å². The first kappa shape index (κ1) is 63.2. The zero-order chi connectivity index (χ0) is 43.1. The van der Waals surface area contributed by atoms with Crippen LogP contribution in [0.5, 0.6) is 11.5 Å². The molecule has 0 amide bonds. The van der Waals surface area contributed by atoms with E-state index in [9.17, 15) is 50.7 Å². The maximum absolute atomic E-state index is 13.0. The van der Waals surface area contributed by atoms with E-state index in [1.165, 1.54) is 61.7 Å². The number of nitrogens with one attached hydrogen (secondary N) is 1. The third kappa shape index (κ3) is 20.0. The van der Waals surface area contributed by atoms with Crippen molar-refractivity contribution in [2.24, 2.45) is 20.5 Å². The Morgan fingerprint density at radius 2 is 1.22 bits per heavy atom. The van der Waals surface area contributed by atoms with E-state index < -0.39 is 59.5 Å². The second-order valence-electron chi connectivity index (χ2n) is 10.6. The van der Waals surface area contributed by atoms with Gasteiger partial charge >= 0.3 is 118 Å². The van der Waals surface area contributed by atoms with Crippen LogP contribution in [-0.4, -0.2) is 72.6 Å². The number of anilines is 1. The molecule has 25 nitrogen and oxygen atoms in total. The number of hydrogen-bond donors (Lipinski definition) is 2. The molecule has 4 aromatic rings. The molecule has 63 heavy (non-hydrogen) atoms. The van der Waals surface area contributed by atoms with Crippen LogP contribution in [0, 0.1) is 0 Å². The molecule has 0 saturated carbocycles. The standard InChI is InChI=1S/C28H29N5O20S6.4Na/c1-45-24-9-6-19(58(40,41)13-11-47-56-53-50-37)14-23(24)31-32-26-21-15-25(54-51-48-35)27(28(34)20(21)7-8-22(26)29-16-59(42,43)44)33-30-17-2-4-18(5-3-17)57(38,39)12-10-46-55-52-49-36;;;;/h2-9,14-15,29,34-37H,10-13,16H2,1H3,(H,42,43,44);;;;/q;4*+1/p-4. The average Bonchev–Trinajstić information content (AvgIpc) is 3.20. The van der Waals surface area contributed by atoms with Gasteiger partial charge in [0.1, 0.15) is 38.8 Å². The van der Waals surface area contributed by atoms with Gasteiger partial charge in [-0.2, -0.15) is 9.45 Å². The topological polar surface area (TPSA) is 359 Å². The molecule has 4 aromatic carbocycles.